The average molecular weight is 552 g/mol. The van der Waals surface area contributed by atoms with Crippen molar-refractivity contribution in [3.8, 4) is 17.3 Å². The van der Waals surface area contributed by atoms with Gasteiger partial charge in [0.05, 0.1) is 30.3 Å². The van der Waals surface area contributed by atoms with E-state index in [0.717, 1.165) is 19.3 Å². The molecule has 0 bridgehead atoms. The second-order valence-electron chi connectivity index (χ2n) is 9.37. The van der Waals surface area contributed by atoms with Crippen LogP contribution in [0.4, 0.5) is 19.0 Å². The molecule has 2 fully saturated rings. The van der Waals surface area contributed by atoms with Gasteiger partial charge < -0.3 is 15.2 Å². The number of fused-ring (bicyclic) bond motifs is 1. The Morgan fingerprint density at radius 2 is 1.95 bits per heavy atom. The summed E-state index contributed by atoms with van der Waals surface area (Å²) in [5.41, 5.74) is -5.37. The van der Waals surface area contributed by atoms with Crippen LogP contribution in [0.5, 0.6) is 0 Å². The van der Waals surface area contributed by atoms with Gasteiger partial charge >= 0.3 is 15.5 Å². The molecule has 3 aromatic heterocycles. The predicted molar refractivity (Wildman–Crippen MR) is 129 cm³/mol. The molecule has 0 unspecified atom stereocenters. The molecule has 202 valence electrons. The molecule has 5 rings (SSSR count). The highest BCUT2D eigenvalue weighted by Crippen LogP contribution is 2.41. The standard InChI is InChI=1S/C22H24F3N9O3S/c23-22(24,25)38(36,37)33-12-21(13-33,5-6-26)34-11-16(18-15-4-7-27-19(15)30-14-29-18)20(31-34)28-10-17(35)32-8-2-1-3-9-32/h4,7,11,14H,1-3,5,8-10,12-13H2,(H,28,31)(H,27,29,30). The molecule has 2 N–H and O–H groups in total. The molecule has 2 aliphatic heterocycles. The number of hydrogen-bond acceptors (Lipinski definition) is 8. The van der Waals surface area contributed by atoms with Crippen molar-refractivity contribution in [3.05, 3.63) is 24.8 Å². The number of piperidine rings is 1. The number of nitrogens with one attached hydrogen (secondary N) is 2. The summed E-state index contributed by atoms with van der Waals surface area (Å²) >= 11 is 0. The summed E-state index contributed by atoms with van der Waals surface area (Å²) in [6, 6.07) is 3.68. The lowest BCUT2D eigenvalue weighted by Crippen LogP contribution is -2.65. The Hall–Kier alpha value is -3.71. The SMILES string of the molecule is N#CCC1(n2cc(-c3ncnc4[nH]ccc34)c(NCC(=O)N3CCCCC3)n2)CN(S(=O)(=O)C(F)(F)F)C1. The van der Waals surface area contributed by atoms with E-state index >= 15 is 0 Å². The number of alkyl halides is 3. The fraction of sp³-hybridized carbons (Fsp3) is 0.500. The van der Waals surface area contributed by atoms with Crippen LogP contribution in [-0.4, -0.2) is 86.5 Å². The Morgan fingerprint density at radius 1 is 1.21 bits per heavy atom. The lowest BCUT2D eigenvalue weighted by Gasteiger charge is -2.47. The summed E-state index contributed by atoms with van der Waals surface area (Å²) in [6.45, 7) is 0.0716. The molecule has 3 aromatic rings. The van der Waals surface area contributed by atoms with Gasteiger partial charge in [-0.2, -0.15) is 27.8 Å². The Bertz CT molecular complexity index is 1500. The minimum absolute atomic E-state index is 0.0782. The van der Waals surface area contributed by atoms with Gasteiger partial charge in [-0.05, 0) is 25.3 Å². The molecular weight excluding hydrogens is 527 g/mol. The zero-order valence-corrected chi connectivity index (χ0v) is 20.9. The number of rotatable bonds is 7. The predicted octanol–water partition coefficient (Wildman–Crippen LogP) is 2.02. The molecule has 0 aliphatic carbocycles. The number of nitriles is 1. The minimum atomic E-state index is -5.56. The summed E-state index contributed by atoms with van der Waals surface area (Å²) in [7, 11) is -5.56. The van der Waals surface area contributed by atoms with Gasteiger partial charge in [0.15, 0.2) is 5.82 Å². The van der Waals surface area contributed by atoms with Crippen molar-refractivity contribution in [3.63, 3.8) is 0 Å². The first-order chi connectivity index (χ1) is 18.1. The Kier molecular flexibility index (Phi) is 6.51. The van der Waals surface area contributed by atoms with Crippen molar-refractivity contribution >= 4 is 32.8 Å². The largest absolute Gasteiger partial charge is 0.511 e. The minimum Gasteiger partial charge on any atom is -0.359 e. The maximum atomic E-state index is 13.1. The van der Waals surface area contributed by atoms with E-state index in [9.17, 15) is 31.6 Å². The van der Waals surface area contributed by atoms with Crippen LogP contribution in [0.25, 0.3) is 22.3 Å². The summed E-state index contributed by atoms with van der Waals surface area (Å²) in [5.74, 6) is 0.100. The number of anilines is 1. The van der Waals surface area contributed by atoms with Gasteiger partial charge in [0.25, 0.3) is 0 Å². The van der Waals surface area contributed by atoms with Crippen LogP contribution >= 0.6 is 0 Å². The topological polar surface area (TPSA) is 153 Å². The molecule has 0 aromatic carbocycles. The summed E-state index contributed by atoms with van der Waals surface area (Å²) in [5, 5.41) is 17.6. The third-order valence-corrected chi connectivity index (χ3v) is 8.43. The smallest absolute Gasteiger partial charge is 0.359 e. The average Bonchev–Trinajstić information content (AvgIpc) is 3.51. The molecule has 2 saturated heterocycles. The number of H-pyrrole nitrogens is 1. The van der Waals surface area contributed by atoms with E-state index in [4.69, 9.17) is 0 Å². The molecule has 38 heavy (non-hydrogen) atoms. The van der Waals surface area contributed by atoms with Gasteiger partial charge in [0.2, 0.25) is 5.91 Å². The van der Waals surface area contributed by atoms with Crippen LogP contribution in [0.3, 0.4) is 0 Å². The van der Waals surface area contributed by atoms with Gasteiger partial charge in [-0.1, -0.05) is 0 Å². The molecule has 0 saturated carbocycles. The van der Waals surface area contributed by atoms with Crippen LogP contribution in [0, 0.1) is 11.3 Å². The van der Waals surface area contributed by atoms with Crippen molar-refractivity contribution in [2.24, 2.45) is 0 Å². The normalized spacial score (nSPS) is 18.2. The third kappa shape index (κ3) is 4.45. The number of carbonyl (C=O) groups is 1. The Labute approximate surface area is 215 Å². The molecule has 0 atom stereocenters. The Morgan fingerprint density at radius 3 is 2.63 bits per heavy atom. The first kappa shape index (κ1) is 25.9. The molecule has 0 spiro atoms. The van der Waals surface area contributed by atoms with E-state index in [0.29, 0.717) is 35.4 Å². The van der Waals surface area contributed by atoms with Crippen LogP contribution in [0.1, 0.15) is 25.7 Å². The van der Waals surface area contributed by atoms with Gasteiger partial charge in [-0.3, -0.25) is 9.48 Å². The summed E-state index contributed by atoms with van der Waals surface area (Å²) in [6.07, 6.45) is 7.14. The highest BCUT2D eigenvalue weighted by Gasteiger charge is 2.59. The number of nitrogens with zero attached hydrogens (tertiary/aromatic N) is 7. The fourth-order valence-corrected chi connectivity index (χ4v) is 5.95. The van der Waals surface area contributed by atoms with Crippen molar-refractivity contribution in [2.45, 2.75) is 36.7 Å². The molecule has 0 radical (unpaired) electrons. The first-order valence-electron chi connectivity index (χ1n) is 11.9. The summed E-state index contributed by atoms with van der Waals surface area (Å²) < 4.78 is 64.7. The lowest BCUT2D eigenvalue weighted by atomic mass is 9.89. The Balaban J connectivity index is 1.50. The van der Waals surface area contributed by atoms with Crippen molar-refractivity contribution in [1.29, 1.82) is 5.26 Å². The maximum absolute atomic E-state index is 13.1. The number of halogens is 3. The highest BCUT2D eigenvalue weighted by molar-refractivity contribution is 7.90. The summed E-state index contributed by atoms with van der Waals surface area (Å²) in [4.78, 5) is 26.0. The number of carbonyl (C=O) groups excluding carboxylic acids is 1. The second kappa shape index (κ2) is 9.55. The molecule has 16 heteroatoms. The van der Waals surface area contributed by atoms with Crippen molar-refractivity contribution in [1.82, 2.24) is 33.9 Å². The first-order valence-corrected chi connectivity index (χ1v) is 13.3. The zero-order valence-electron chi connectivity index (χ0n) is 20.1. The molecule has 12 nitrogen and oxygen atoms in total. The molecule has 2 aliphatic rings. The number of hydrogen-bond donors (Lipinski definition) is 2. The van der Waals surface area contributed by atoms with Gasteiger partial charge in [0.1, 0.15) is 17.5 Å². The maximum Gasteiger partial charge on any atom is 0.511 e. The number of amides is 1. The fourth-order valence-electron chi connectivity index (χ4n) is 4.83. The van der Waals surface area contributed by atoms with Crippen LogP contribution in [0.2, 0.25) is 0 Å². The molecule has 1 amide bonds. The monoisotopic (exact) mass is 551 g/mol. The zero-order chi connectivity index (χ0) is 27.1. The van der Waals surface area contributed by atoms with E-state index in [1.807, 2.05) is 6.07 Å². The molecule has 5 heterocycles. The number of sulfonamides is 1. The van der Waals surface area contributed by atoms with Crippen LogP contribution < -0.4 is 5.32 Å². The third-order valence-electron chi connectivity index (χ3n) is 6.91. The second-order valence-corrected chi connectivity index (χ2v) is 11.3. The molecular formula is C22H24F3N9O3S. The van der Waals surface area contributed by atoms with Crippen LogP contribution in [-0.2, 0) is 20.4 Å². The van der Waals surface area contributed by atoms with E-state index in [1.54, 1.807) is 17.2 Å². The van der Waals surface area contributed by atoms with Crippen molar-refractivity contribution < 1.29 is 26.4 Å². The number of aromatic amines is 1. The number of likely N-dealkylation sites (tertiary alicyclic amines) is 1. The van der Waals surface area contributed by atoms with E-state index in [2.05, 4.69) is 25.4 Å². The quantitative estimate of drug-likeness (QED) is 0.452. The van der Waals surface area contributed by atoms with E-state index < -0.39 is 34.2 Å². The van der Waals surface area contributed by atoms with E-state index in [-0.39, 0.29) is 29.0 Å². The van der Waals surface area contributed by atoms with Crippen LogP contribution in [0.15, 0.2) is 24.8 Å². The van der Waals surface area contributed by atoms with Gasteiger partial charge in [-0.25, -0.2) is 18.4 Å². The highest BCUT2D eigenvalue weighted by atomic mass is 32.2. The van der Waals surface area contributed by atoms with Gasteiger partial charge in [-0.15, -0.1) is 0 Å². The van der Waals surface area contributed by atoms with Crippen molar-refractivity contribution in [2.75, 3.05) is 38.0 Å². The van der Waals surface area contributed by atoms with Gasteiger partial charge in [0, 0.05) is 44.0 Å². The number of aromatic nitrogens is 5. The lowest BCUT2D eigenvalue weighted by molar-refractivity contribution is -0.130. The van der Waals surface area contributed by atoms with E-state index in [1.165, 1.54) is 17.2 Å².